The molecule has 13 heteroatoms. The zero-order chi connectivity index (χ0) is 30.3. The standard InChI is InChI=1S/C30H40O13/c1-12(2)28-22(42-28)23-30(43-23)27(3)7-6-13-14(11-38-24(13)36)15(27)9-17-29(30,41-17)26(28)40-18(32)5-4-8-37-25-21(35)20(34)19(33)16(10-31)39-25/h12,15-17,19-23,25-26,31,33-35H,4-11H2,1-3H3/t15-,16?,17-,19+,20?,21?,22-,23-,25+,26+,27-,28-,29+,30+/m0/s1. The summed E-state index contributed by atoms with van der Waals surface area (Å²) in [7, 11) is 0. The van der Waals surface area contributed by atoms with Crippen LogP contribution in [-0.2, 0) is 42.7 Å². The maximum absolute atomic E-state index is 13.4. The van der Waals surface area contributed by atoms with Crippen LogP contribution < -0.4 is 0 Å². The van der Waals surface area contributed by atoms with E-state index in [1.165, 1.54) is 0 Å². The van der Waals surface area contributed by atoms with Crippen molar-refractivity contribution in [3.05, 3.63) is 11.1 Å². The van der Waals surface area contributed by atoms with Crippen molar-refractivity contribution in [2.45, 2.75) is 125 Å². The largest absolute Gasteiger partial charge is 0.458 e. The van der Waals surface area contributed by atoms with Gasteiger partial charge in [-0.15, -0.1) is 0 Å². The van der Waals surface area contributed by atoms with Gasteiger partial charge in [0, 0.05) is 17.4 Å². The fourth-order valence-electron chi connectivity index (χ4n) is 9.65. The van der Waals surface area contributed by atoms with Gasteiger partial charge in [0.25, 0.3) is 0 Å². The molecule has 6 fully saturated rings. The molecular weight excluding hydrogens is 568 g/mol. The van der Waals surface area contributed by atoms with E-state index < -0.39 is 66.2 Å². The third-order valence-electron chi connectivity index (χ3n) is 12.0. The first-order valence-electron chi connectivity index (χ1n) is 15.5. The molecule has 43 heavy (non-hydrogen) atoms. The number of hydrogen-bond acceptors (Lipinski definition) is 13. The van der Waals surface area contributed by atoms with E-state index in [2.05, 4.69) is 20.8 Å². The van der Waals surface area contributed by atoms with Crippen molar-refractivity contribution in [2.75, 3.05) is 19.8 Å². The second kappa shape index (κ2) is 9.20. The number of aliphatic hydroxyl groups excluding tert-OH is 4. The summed E-state index contributed by atoms with van der Waals surface area (Å²) in [5.74, 6) is -0.537. The Bertz CT molecular complexity index is 1270. The fraction of sp³-hybridized carbons (Fsp3) is 0.867. The molecule has 0 amide bonds. The van der Waals surface area contributed by atoms with Gasteiger partial charge in [-0.1, -0.05) is 20.8 Å². The number of ether oxygens (including phenoxy) is 7. The van der Waals surface area contributed by atoms with E-state index >= 15 is 0 Å². The molecule has 2 spiro atoms. The molecule has 0 aromatic carbocycles. The van der Waals surface area contributed by atoms with Crippen molar-refractivity contribution < 1.29 is 63.2 Å². The monoisotopic (exact) mass is 608 g/mol. The highest BCUT2D eigenvalue weighted by Gasteiger charge is 3.01. The van der Waals surface area contributed by atoms with Crippen molar-refractivity contribution in [1.29, 1.82) is 0 Å². The number of carbonyl (C=O) groups is 2. The van der Waals surface area contributed by atoms with Gasteiger partial charge in [-0.25, -0.2) is 4.79 Å². The first-order valence-corrected chi connectivity index (χ1v) is 15.5. The van der Waals surface area contributed by atoms with Gasteiger partial charge in [0.2, 0.25) is 0 Å². The first kappa shape index (κ1) is 28.8. The van der Waals surface area contributed by atoms with Gasteiger partial charge in [0.05, 0.1) is 19.3 Å². The number of esters is 2. The molecule has 0 aromatic heterocycles. The van der Waals surface area contributed by atoms with Crippen LogP contribution >= 0.6 is 0 Å². The molecule has 8 rings (SSSR count). The van der Waals surface area contributed by atoms with Crippen LogP contribution in [0, 0.1) is 17.3 Å². The number of rotatable bonds is 8. The molecule has 0 aromatic rings. The molecule has 0 radical (unpaired) electrons. The molecule has 4 saturated heterocycles. The van der Waals surface area contributed by atoms with Crippen molar-refractivity contribution in [2.24, 2.45) is 17.3 Å². The van der Waals surface area contributed by atoms with E-state index in [0.717, 1.165) is 17.6 Å². The Morgan fingerprint density at radius 3 is 2.63 bits per heavy atom. The molecule has 8 aliphatic rings. The van der Waals surface area contributed by atoms with Gasteiger partial charge in [-0.3, -0.25) is 4.79 Å². The number of cyclic esters (lactones) is 1. The lowest BCUT2D eigenvalue weighted by Gasteiger charge is -2.53. The number of fused-ring (bicyclic) bond motifs is 4. The Labute approximate surface area is 248 Å². The van der Waals surface area contributed by atoms with Crippen molar-refractivity contribution in [3.63, 3.8) is 0 Å². The summed E-state index contributed by atoms with van der Waals surface area (Å²) in [5.41, 5.74) is -0.698. The molecule has 3 unspecified atom stereocenters. The summed E-state index contributed by atoms with van der Waals surface area (Å²) in [5, 5.41) is 39.5. The van der Waals surface area contributed by atoms with Crippen LogP contribution in [0.3, 0.4) is 0 Å². The van der Waals surface area contributed by atoms with E-state index in [1.807, 2.05) is 0 Å². The molecule has 5 heterocycles. The maximum atomic E-state index is 13.4. The van der Waals surface area contributed by atoms with Gasteiger partial charge in [0.15, 0.2) is 18.0 Å². The molecule has 5 aliphatic heterocycles. The van der Waals surface area contributed by atoms with E-state index in [1.54, 1.807) is 0 Å². The Hall–Kier alpha value is -1.68. The quantitative estimate of drug-likeness (QED) is 0.153. The van der Waals surface area contributed by atoms with Crippen LogP contribution in [-0.4, -0.2) is 124 Å². The SMILES string of the molecule is CC(C)[C@]12O[C@H]1[C@@H]1O[C@]13[C@]1(O[C@H]1C[C@H]1C4=C(CC[C@@]13C)C(=O)OC4)[C@@H]2OC(=O)CCCO[C@@H]1OC(CO)[C@@H](O)C(O)C1O. The van der Waals surface area contributed by atoms with Gasteiger partial charge in [0.1, 0.15) is 54.4 Å². The average Bonchev–Trinajstić information content (AvgIpc) is 3.89. The summed E-state index contributed by atoms with van der Waals surface area (Å²) in [6.45, 7) is 6.11. The molecule has 14 atom stereocenters. The Morgan fingerprint density at radius 2 is 1.88 bits per heavy atom. The summed E-state index contributed by atoms with van der Waals surface area (Å²) in [4.78, 5) is 25.8. The Kier molecular flexibility index (Phi) is 6.15. The topological polar surface area (TPSA) is 190 Å². The van der Waals surface area contributed by atoms with Crippen molar-refractivity contribution in [3.8, 4) is 0 Å². The molecule has 3 aliphatic carbocycles. The number of hydrogen-bond donors (Lipinski definition) is 4. The minimum Gasteiger partial charge on any atom is -0.458 e. The van der Waals surface area contributed by atoms with Gasteiger partial charge >= 0.3 is 11.9 Å². The zero-order valence-corrected chi connectivity index (χ0v) is 24.5. The van der Waals surface area contributed by atoms with E-state index in [-0.39, 0.29) is 61.0 Å². The normalized spacial score (nSPS) is 53.5. The van der Waals surface area contributed by atoms with Gasteiger partial charge in [-0.05, 0) is 43.1 Å². The predicted octanol–water partition coefficient (Wildman–Crippen LogP) is -0.749. The first-order chi connectivity index (χ1) is 20.5. The average molecular weight is 609 g/mol. The van der Waals surface area contributed by atoms with Crippen molar-refractivity contribution >= 4 is 11.9 Å². The number of epoxide rings is 3. The zero-order valence-electron chi connectivity index (χ0n) is 24.5. The Morgan fingerprint density at radius 1 is 1.09 bits per heavy atom. The van der Waals surface area contributed by atoms with E-state index in [9.17, 15) is 30.0 Å². The summed E-state index contributed by atoms with van der Waals surface area (Å²) >= 11 is 0. The minimum absolute atomic E-state index is 0.00822. The highest BCUT2D eigenvalue weighted by molar-refractivity contribution is 5.92. The molecular formula is C30H40O13. The number of carbonyl (C=O) groups excluding carboxylic acids is 2. The van der Waals surface area contributed by atoms with Crippen LogP contribution in [0.25, 0.3) is 0 Å². The Balaban J connectivity index is 0.985. The van der Waals surface area contributed by atoms with Gasteiger partial charge < -0.3 is 53.6 Å². The molecule has 2 saturated carbocycles. The molecule has 0 bridgehead atoms. The van der Waals surface area contributed by atoms with E-state index in [4.69, 9.17) is 33.2 Å². The lowest BCUT2D eigenvalue weighted by atomic mass is 9.46. The van der Waals surface area contributed by atoms with Crippen LogP contribution in [0.1, 0.15) is 52.9 Å². The third-order valence-corrected chi connectivity index (χ3v) is 12.0. The fourth-order valence-corrected chi connectivity index (χ4v) is 9.65. The summed E-state index contributed by atoms with van der Waals surface area (Å²) in [6.07, 6.45) is -5.79. The highest BCUT2D eigenvalue weighted by atomic mass is 16.8. The van der Waals surface area contributed by atoms with Crippen LogP contribution in [0.15, 0.2) is 11.1 Å². The smallest absolute Gasteiger partial charge is 0.334 e. The third kappa shape index (κ3) is 3.43. The lowest BCUT2D eigenvalue weighted by Crippen LogP contribution is -2.70. The van der Waals surface area contributed by atoms with E-state index in [0.29, 0.717) is 19.4 Å². The van der Waals surface area contributed by atoms with Gasteiger partial charge in [-0.2, -0.15) is 0 Å². The summed E-state index contributed by atoms with van der Waals surface area (Å²) in [6, 6.07) is 0. The molecule has 238 valence electrons. The van der Waals surface area contributed by atoms with Crippen LogP contribution in [0.4, 0.5) is 0 Å². The predicted molar refractivity (Wildman–Crippen MR) is 140 cm³/mol. The van der Waals surface area contributed by atoms with Crippen LogP contribution in [0.5, 0.6) is 0 Å². The second-order valence-corrected chi connectivity index (χ2v) is 14.0. The second-order valence-electron chi connectivity index (χ2n) is 14.0. The summed E-state index contributed by atoms with van der Waals surface area (Å²) < 4.78 is 42.5. The number of aliphatic hydroxyl groups is 4. The molecule has 13 nitrogen and oxygen atoms in total. The maximum Gasteiger partial charge on any atom is 0.334 e. The lowest BCUT2D eigenvalue weighted by molar-refractivity contribution is -0.301. The minimum atomic E-state index is -1.54. The molecule has 4 N–H and O–H groups in total. The van der Waals surface area contributed by atoms with Crippen LogP contribution in [0.2, 0.25) is 0 Å². The van der Waals surface area contributed by atoms with Crippen molar-refractivity contribution in [1.82, 2.24) is 0 Å². The highest BCUT2D eigenvalue weighted by Crippen LogP contribution is 2.83.